The van der Waals surface area contributed by atoms with Crippen molar-refractivity contribution in [2.75, 3.05) is 6.54 Å². The quantitative estimate of drug-likeness (QED) is 0.931. The molecule has 2 aliphatic carbocycles. The van der Waals surface area contributed by atoms with Crippen LogP contribution in [-0.2, 0) is 11.3 Å². The lowest BCUT2D eigenvalue weighted by Crippen LogP contribution is -2.61. The van der Waals surface area contributed by atoms with Gasteiger partial charge in [-0.15, -0.1) is 0 Å². The van der Waals surface area contributed by atoms with E-state index in [0.717, 1.165) is 18.7 Å². The van der Waals surface area contributed by atoms with Gasteiger partial charge in [0, 0.05) is 24.8 Å². The summed E-state index contributed by atoms with van der Waals surface area (Å²) in [6.07, 6.45) is 12.2. The van der Waals surface area contributed by atoms with Crippen LogP contribution in [0.15, 0.2) is 12.3 Å². The number of hydrogen-bond donors (Lipinski definition) is 1. The number of carbonyl (C=O) groups is 1. The van der Waals surface area contributed by atoms with Crippen molar-refractivity contribution in [3.8, 4) is 0 Å². The van der Waals surface area contributed by atoms with Gasteiger partial charge in [-0.05, 0) is 31.7 Å². The molecule has 2 saturated carbocycles. The third-order valence-corrected chi connectivity index (χ3v) is 5.62. The molecule has 5 nitrogen and oxygen atoms in total. The Labute approximate surface area is 132 Å². The standard InChI is InChI=1S/C17H26N4O/c22-17-12-20(16-8-4-3-7-15(16)18-17)11-13-9-10-21(19-13)14-5-1-2-6-14/h9-10,14-16H,1-8,11-12H2,(H,18,22)/t15-,16-/m0/s1. The number of hydrogen-bond acceptors (Lipinski definition) is 3. The van der Waals surface area contributed by atoms with Crippen molar-refractivity contribution in [1.29, 1.82) is 0 Å². The summed E-state index contributed by atoms with van der Waals surface area (Å²) in [7, 11) is 0. The Morgan fingerprint density at radius 2 is 1.91 bits per heavy atom. The van der Waals surface area contributed by atoms with Gasteiger partial charge in [-0.3, -0.25) is 14.4 Å². The Hall–Kier alpha value is -1.36. The van der Waals surface area contributed by atoms with Crippen molar-refractivity contribution >= 4 is 5.91 Å². The molecule has 0 bridgehead atoms. The first-order valence-electron chi connectivity index (χ1n) is 8.87. The highest BCUT2D eigenvalue weighted by atomic mass is 16.2. The molecule has 5 heteroatoms. The molecule has 1 aliphatic heterocycles. The third kappa shape index (κ3) is 2.78. The summed E-state index contributed by atoms with van der Waals surface area (Å²) < 4.78 is 2.16. The van der Waals surface area contributed by atoms with E-state index in [2.05, 4.69) is 27.2 Å². The zero-order chi connectivity index (χ0) is 14.9. The van der Waals surface area contributed by atoms with Gasteiger partial charge in [-0.1, -0.05) is 25.7 Å². The van der Waals surface area contributed by atoms with Crippen molar-refractivity contribution in [2.24, 2.45) is 0 Å². The molecule has 2 atom stereocenters. The minimum absolute atomic E-state index is 0.179. The van der Waals surface area contributed by atoms with Crippen LogP contribution < -0.4 is 5.32 Å². The highest BCUT2D eigenvalue weighted by Crippen LogP contribution is 2.30. The van der Waals surface area contributed by atoms with E-state index in [4.69, 9.17) is 5.10 Å². The van der Waals surface area contributed by atoms with Gasteiger partial charge in [0.25, 0.3) is 0 Å². The Bertz CT molecular complexity index is 535. The molecular formula is C17H26N4O. The number of fused-ring (bicyclic) bond motifs is 1. The molecule has 1 aromatic rings. The van der Waals surface area contributed by atoms with Gasteiger partial charge >= 0.3 is 0 Å². The average molecular weight is 302 g/mol. The van der Waals surface area contributed by atoms with Gasteiger partial charge in [0.1, 0.15) is 0 Å². The van der Waals surface area contributed by atoms with Crippen LogP contribution in [0.3, 0.4) is 0 Å². The summed E-state index contributed by atoms with van der Waals surface area (Å²) >= 11 is 0. The lowest BCUT2D eigenvalue weighted by molar-refractivity contribution is -0.128. The van der Waals surface area contributed by atoms with E-state index < -0.39 is 0 Å². The van der Waals surface area contributed by atoms with E-state index >= 15 is 0 Å². The van der Waals surface area contributed by atoms with Crippen LogP contribution in [0.5, 0.6) is 0 Å². The second-order valence-corrected chi connectivity index (χ2v) is 7.16. The van der Waals surface area contributed by atoms with Gasteiger partial charge in [0.05, 0.1) is 18.3 Å². The minimum Gasteiger partial charge on any atom is -0.351 e. The van der Waals surface area contributed by atoms with Gasteiger partial charge in [-0.2, -0.15) is 5.10 Å². The largest absolute Gasteiger partial charge is 0.351 e. The van der Waals surface area contributed by atoms with E-state index in [1.165, 1.54) is 44.9 Å². The van der Waals surface area contributed by atoms with Gasteiger partial charge in [0.2, 0.25) is 5.91 Å². The number of rotatable bonds is 3. The minimum atomic E-state index is 0.179. The summed E-state index contributed by atoms with van der Waals surface area (Å²) in [5, 5.41) is 7.97. The number of carbonyl (C=O) groups excluding carboxylic acids is 1. The molecule has 0 unspecified atom stereocenters. The van der Waals surface area contributed by atoms with Crippen molar-refractivity contribution < 1.29 is 4.79 Å². The molecule has 3 aliphatic rings. The van der Waals surface area contributed by atoms with Crippen LogP contribution in [0.1, 0.15) is 63.1 Å². The summed E-state index contributed by atoms with van der Waals surface area (Å²) in [6.45, 7) is 1.34. The Kier molecular flexibility index (Phi) is 3.90. The molecule has 120 valence electrons. The SMILES string of the molecule is O=C1CN(Cc2ccn(C3CCCC3)n2)[C@H]2CCCC[C@@H]2N1. The van der Waals surface area contributed by atoms with E-state index in [1.807, 2.05) is 0 Å². The number of piperazine rings is 1. The van der Waals surface area contributed by atoms with Crippen molar-refractivity contribution in [1.82, 2.24) is 20.0 Å². The molecule has 1 amide bonds. The smallest absolute Gasteiger partial charge is 0.234 e. The Morgan fingerprint density at radius 3 is 2.77 bits per heavy atom. The molecule has 1 aromatic heterocycles. The molecule has 4 rings (SSSR count). The van der Waals surface area contributed by atoms with Crippen molar-refractivity contribution in [3.05, 3.63) is 18.0 Å². The second kappa shape index (κ2) is 6.03. The summed E-state index contributed by atoms with van der Waals surface area (Å²) in [6, 6.07) is 3.60. The van der Waals surface area contributed by atoms with E-state index in [9.17, 15) is 4.79 Å². The molecule has 1 saturated heterocycles. The fraction of sp³-hybridized carbons (Fsp3) is 0.765. The van der Waals surface area contributed by atoms with Crippen LogP contribution in [0.2, 0.25) is 0 Å². The van der Waals surface area contributed by atoms with E-state index in [0.29, 0.717) is 24.7 Å². The van der Waals surface area contributed by atoms with Crippen LogP contribution in [-0.4, -0.2) is 39.2 Å². The topological polar surface area (TPSA) is 50.2 Å². The second-order valence-electron chi connectivity index (χ2n) is 7.16. The van der Waals surface area contributed by atoms with Gasteiger partial charge in [-0.25, -0.2) is 0 Å². The van der Waals surface area contributed by atoms with Gasteiger partial charge in [0.15, 0.2) is 0 Å². The van der Waals surface area contributed by atoms with Crippen LogP contribution in [0.25, 0.3) is 0 Å². The lowest BCUT2D eigenvalue weighted by Gasteiger charge is -2.43. The molecular weight excluding hydrogens is 276 g/mol. The summed E-state index contributed by atoms with van der Waals surface area (Å²) in [5.41, 5.74) is 1.12. The average Bonchev–Trinajstić information content (AvgIpc) is 3.17. The molecule has 0 spiro atoms. The predicted octanol–water partition coefficient (Wildman–Crippen LogP) is 2.24. The number of nitrogens with one attached hydrogen (secondary N) is 1. The molecule has 0 radical (unpaired) electrons. The first kappa shape index (κ1) is 14.2. The molecule has 2 heterocycles. The summed E-state index contributed by atoms with van der Waals surface area (Å²) in [4.78, 5) is 14.3. The normalized spacial score (nSPS) is 30.3. The first-order chi connectivity index (χ1) is 10.8. The Morgan fingerprint density at radius 1 is 1.14 bits per heavy atom. The fourth-order valence-corrected chi connectivity index (χ4v) is 4.49. The maximum atomic E-state index is 12.0. The zero-order valence-corrected chi connectivity index (χ0v) is 13.2. The first-order valence-corrected chi connectivity index (χ1v) is 8.87. The van der Waals surface area contributed by atoms with E-state index in [1.54, 1.807) is 0 Å². The Balaban J connectivity index is 1.45. The molecule has 0 aromatic carbocycles. The predicted molar refractivity (Wildman–Crippen MR) is 84.3 cm³/mol. The highest BCUT2D eigenvalue weighted by molar-refractivity contribution is 5.79. The monoisotopic (exact) mass is 302 g/mol. The molecule has 1 N–H and O–H groups in total. The van der Waals surface area contributed by atoms with Crippen molar-refractivity contribution in [2.45, 2.75) is 76.0 Å². The number of aromatic nitrogens is 2. The van der Waals surface area contributed by atoms with Crippen LogP contribution >= 0.6 is 0 Å². The van der Waals surface area contributed by atoms with Crippen molar-refractivity contribution in [3.63, 3.8) is 0 Å². The highest BCUT2D eigenvalue weighted by Gasteiger charge is 2.36. The molecule has 3 fully saturated rings. The number of nitrogens with zero attached hydrogens (tertiary/aromatic N) is 3. The summed E-state index contributed by atoms with van der Waals surface area (Å²) in [5.74, 6) is 0.179. The molecule has 22 heavy (non-hydrogen) atoms. The third-order valence-electron chi connectivity index (χ3n) is 5.62. The zero-order valence-electron chi connectivity index (χ0n) is 13.2. The van der Waals surface area contributed by atoms with Crippen LogP contribution in [0.4, 0.5) is 0 Å². The lowest BCUT2D eigenvalue weighted by atomic mass is 9.87. The van der Waals surface area contributed by atoms with E-state index in [-0.39, 0.29) is 5.91 Å². The van der Waals surface area contributed by atoms with Crippen LogP contribution in [0, 0.1) is 0 Å². The maximum Gasteiger partial charge on any atom is 0.234 e. The fourth-order valence-electron chi connectivity index (χ4n) is 4.49. The number of amides is 1. The maximum absolute atomic E-state index is 12.0. The van der Waals surface area contributed by atoms with Gasteiger partial charge < -0.3 is 5.32 Å².